The molecular weight excluding hydrogens is 246 g/mol. The van der Waals surface area contributed by atoms with Gasteiger partial charge in [0.1, 0.15) is 0 Å². The Labute approximate surface area is 111 Å². The molecule has 1 saturated carbocycles. The van der Waals surface area contributed by atoms with Gasteiger partial charge in [0.2, 0.25) is 0 Å². The van der Waals surface area contributed by atoms with Crippen LogP contribution in [-0.2, 0) is 0 Å². The molecule has 6 nitrogen and oxygen atoms in total. The Morgan fingerprint density at radius 3 is 2.68 bits per heavy atom. The zero-order valence-corrected chi connectivity index (χ0v) is 10.8. The second-order valence-corrected chi connectivity index (χ2v) is 4.75. The number of carboxylic acid groups (broad SMARTS) is 1. The summed E-state index contributed by atoms with van der Waals surface area (Å²) in [7, 11) is 1.76. The van der Waals surface area contributed by atoms with Gasteiger partial charge < -0.3 is 15.3 Å². The minimum absolute atomic E-state index is 0.0568. The third kappa shape index (κ3) is 3.21. The average molecular weight is 263 g/mol. The highest BCUT2D eigenvalue weighted by molar-refractivity contribution is 5.92. The zero-order chi connectivity index (χ0) is 13.8. The Hall–Kier alpha value is -2.11. The van der Waals surface area contributed by atoms with E-state index < -0.39 is 5.97 Å². The van der Waals surface area contributed by atoms with E-state index in [1.54, 1.807) is 11.9 Å². The molecule has 0 spiro atoms. The van der Waals surface area contributed by atoms with Crippen molar-refractivity contribution in [3.05, 3.63) is 24.0 Å². The van der Waals surface area contributed by atoms with Gasteiger partial charge in [-0.15, -0.1) is 0 Å². The first-order valence-electron chi connectivity index (χ1n) is 6.30. The number of carbonyl (C=O) groups excluding carboxylic acids is 1. The summed E-state index contributed by atoms with van der Waals surface area (Å²) in [6.07, 6.45) is 7.04. The van der Waals surface area contributed by atoms with Crippen LogP contribution in [0, 0.1) is 0 Å². The van der Waals surface area contributed by atoms with Crippen molar-refractivity contribution in [2.24, 2.45) is 0 Å². The number of aromatic nitrogens is 1. The van der Waals surface area contributed by atoms with E-state index in [9.17, 15) is 9.59 Å². The molecule has 19 heavy (non-hydrogen) atoms. The number of hydrogen-bond acceptors (Lipinski definition) is 3. The molecule has 0 atom stereocenters. The largest absolute Gasteiger partial charge is 0.478 e. The van der Waals surface area contributed by atoms with Gasteiger partial charge in [-0.3, -0.25) is 4.98 Å². The monoisotopic (exact) mass is 263 g/mol. The van der Waals surface area contributed by atoms with Gasteiger partial charge in [-0.05, 0) is 18.9 Å². The van der Waals surface area contributed by atoms with Crippen molar-refractivity contribution >= 4 is 17.7 Å². The number of carboxylic acids is 1. The Bertz CT molecular complexity index is 484. The van der Waals surface area contributed by atoms with Crippen LogP contribution in [0.2, 0.25) is 0 Å². The topological polar surface area (TPSA) is 82.5 Å². The Morgan fingerprint density at radius 2 is 2.05 bits per heavy atom. The molecule has 0 aromatic carbocycles. The van der Waals surface area contributed by atoms with Gasteiger partial charge in [-0.25, -0.2) is 9.59 Å². The lowest BCUT2D eigenvalue weighted by Gasteiger charge is -2.24. The van der Waals surface area contributed by atoms with Crippen LogP contribution in [0.4, 0.5) is 10.5 Å². The van der Waals surface area contributed by atoms with Crippen LogP contribution in [0.1, 0.15) is 36.0 Å². The van der Waals surface area contributed by atoms with Gasteiger partial charge >= 0.3 is 12.0 Å². The summed E-state index contributed by atoms with van der Waals surface area (Å²) in [4.78, 5) is 28.3. The summed E-state index contributed by atoms with van der Waals surface area (Å²) in [6.45, 7) is 0. The molecule has 0 unspecified atom stereocenters. The quantitative estimate of drug-likeness (QED) is 0.875. The zero-order valence-electron chi connectivity index (χ0n) is 10.8. The van der Waals surface area contributed by atoms with E-state index in [2.05, 4.69) is 10.3 Å². The minimum Gasteiger partial charge on any atom is -0.478 e. The van der Waals surface area contributed by atoms with E-state index in [0.717, 1.165) is 25.7 Å². The number of urea groups is 1. The van der Waals surface area contributed by atoms with E-state index in [-0.39, 0.29) is 17.6 Å². The lowest BCUT2D eigenvalue weighted by molar-refractivity contribution is 0.0696. The van der Waals surface area contributed by atoms with Crippen LogP contribution in [0.3, 0.4) is 0 Å². The molecule has 1 aliphatic rings. The first-order valence-corrected chi connectivity index (χ1v) is 6.30. The van der Waals surface area contributed by atoms with E-state index in [4.69, 9.17) is 5.11 Å². The van der Waals surface area contributed by atoms with Crippen LogP contribution < -0.4 is 5.32 Å². The molecular formula is C13H17N3O3. The van der Waals surface area contributed by atoms with Crippen molar-refractivity contribution in [3.63, 3.8) is 0 Å². The Balaban J connectivity index is 2.01. The first kappa shape index (κ1) is 13.3. The summed E-state index contributed by atoms with van der Waals surface area (Å²) < 4.78 is 0. The maximum Gasteiger partial charge on any atom is 0.337 e. The smallest absolute Gasteiger partial charge is 0.337 e. The number of nitrogens with one attached hydrogen (secondary N) is 1. The standard InChI is InChI=1S/C13H17N3O3/c1-16(11-4-2-3-5-11)13(19)15-10-6-9(12(17)18)7-14-8-10/h6-8,11H,2-5H2,1H3,(H,15,19)(H,17,18). The lowest BCUT2D eigenvalue weighted by atomic mass is 10.2. The van der Waals surface area contributed by atoms with Crippen LogP contribution in [-0.4, -0.2) is 40.1 Å². The molecule has 1 aromatic heterocycles. The molecule has 6 heteroatoms. The number of aromatic carboxylic acids is 1. The fourth-order valence-corrected chi connectivity index (χ4v) is 2.29. The van der Waals surface area contributed by atoms with Crippen molar-refractivity contribution < 1.29 is 14.7 Å². The highest BCUT2D eigenvalue weighted by atomic mass is 16.4. The van der Waals surface area contributed by atoms with Crippen molar-refractivity contribution in [3.8, 4) is 0 Å². The molecule has 1 fully saturated rings. The fourth-order valence-electron chi connectivity index (χ4n) is 2.29. The van der Waals surface area contributed by atoms with Crippen molar-refractivity contribution in [1.29, 1.82) is 0 Å². The SMILES string of the molecule is CN(C(=O)Nc1cncc(C(=O)O)c1)C1CCCC1. The van der Waals surface area contributed by atoms with Crippen molar-refractivity contribution in [2.45, 2.75) is 31.7 Å². The molecule has 1 aliphatic carbocycles. The van der Waals surface area contributed by atoms with E-state index >= 15 is 0 Å². The fraction of sp³-hybridized carbons (Fsp3) is 0.462. The second-order valence-electron chi connectivity index (χ2n) is 4.75. The summed E-state index contributed by atoms with van der Waals surface area (Å²) in [5.74, 6) is -1.06. The van der Waals surface area contributed by atoms with Gasteiger partial charge in [-0.2, -0.15) is 0 Å². The van der Waals surface area contributed by atoms with Crippen LogP contribution >= 0.6 is 0 Å². The average Bonchev–Trinajstić information content (AvgIpc) is 2.92. The maximum absolute atomic E-state index is 12.0. The van der Waals surface area contributed by atoms with Crippen LogP contribution in [0.15, 0.2) is 18.5 Å². The number of anilines is 1. The molecule has 1 heterocycles. The van der Waals surface area contributed by atoms with Gasteiger partial charge in [-0.1, -0.05) is 12.8 Å². The highest BCUT2D eigenvalue weighted by Crippen LogP contribution is 2.23. The minimum atomic E-state index is -1.06. The molecule has 1 aromatic rings. The van der Waals surface area contributed by atoms with Gasteiger partial charge in [0.15, 0.2) is 0 Å². The van der Waals surface area contributed by atoms with Crippen LogP contribution in [0.5, 0.6) is 0 Å². The Kier molecular flexibility index (Phi) is 3.99. The van der Waals surface area contributed by atoms with E-state index in [0.29, 0.717) is 5.69 Å². The highest BCUT2D eigenvalue weighted by Gasteiger charge is 2.23. The molecule has 2 rings (SSSR count). The third-order valence-electron chi connectivity index (χ3n) is 3.43. The predicted molar refractivity (Wildman–Crippen MR) is 70.2 cm³/mol. The normalized spacial score (nSPS) is 15.2. The molecule has 0 saturated heterocycles. The molecule has 0 aliphatic heterocycles. The van der Waals surface area contributed by atoms with Crippen LogP contribution in [0.25, 0.3) is 0 Å². The number of carbonyl (C=O) groups is 2. The molecule has 102 valence electrons. The van der Waals surface area contributed by atoms with E-state index in [1.807, 2.05) is 0 Å². The van der Waals surface area contributed by atoms with E-state index in [1.165, 1.54) is 18.5 Å². The number of rotatable bonds is 3. The number of pyridine rings is 1. The summed E-state index contributed by atoms with van der Waals surface area (Å²) >= 11 is 0. The lowest BCUT2D eigenvalue weighted by Crippen LogP contribution is -2.38. The number of nitrogens with zero attached hydrogens (tertiary/aromatic N) is 2. The first-order chi connectivity index (χ1) is 9.08. The third-order valence-corrected chi connectivity index (χ3v) is 3.43. The maximum atomic E-state index is 12.0. The molecule has 0 bridgehead atoms. The molecule has 0 radical (unpaired) electrons. The van der Waals surface area contributed by atoms with Crippen molar-refractivity contribution in [2.75, 3.05) is 12.4 Å². The van der Waals surface area contributed by atoms with Gasteiger partial charge in [0, 0.05) is 19.3 Å². The second kappa shape index (κ2) is 5.69. The van der Waals surface area contributed by atoms with Gasteiger partial charge in [0.25, 0.3) is 0 Å². The molecule has 2 amide bonds. The summed E-state index contributed by atoms with van der Waals surface area (Å²) in [5.41, 5.74) is 0.455. The number of hydrogen-bond donors (Lipinski definition) is 2. The molecule has 2 N–H and O–H groups in total. The predicted octanol–water partition coefficient (Wildman–Crippen LogP) is 2.19. The van der Waals surface area contributed by atoms with Crippen molar-refractivity contribution in [1.82, 2.24) is 9.88 Å². The summed E-state index contributed by atoms with van der Waals surface area (Å²) in [6, 6.07) is 1.45. The summed E-state index contributed by atoms with van der Waals surface area (Å²) in [5, 5.41) is 11.5. The Morgan fingerprint density at radius 1 is 1.37 bits per heavy atom. The van der Waals surface area contributed by atoms with Gasteiger partial charge in [0.05, 0.1) is 17.4 Å². The number of amides is 2.